The summed E-state index contributed by atoms with van der Waals surface area (Å²) in [5, 5.41) is 8.42. The molecular weight excluding hydrogens is 633 g/mol. The van der Waals surface area contributed by atoms with Gasteiger partial charge in [0.1, 0.15) is 5.70 Å². The van der Waals surface area contributed by atoms with Crippen molar-refractivity contribution in [1.82, 2.24) is 5.32 Å². The fraction of sp³-hybridized carbons (Fsp3) is 0.118. The topological polar surface area (TPSA) is 114 Å². The van der Waals surface area contributed by atoms with E-state index in [1.807, 2.05) is 6.07 Å². The zero-order chi connectivity index (χ0) is 32.3. The number of carbonyl (C=O) groups excluding carboxylic acids is 4. The highest BCUT2D eigenvalue weighted by Crippen LogP contribution is 2.29. The van der Waals surface area contributed by atoms with Crippen LogP contribution in [-0.4, -0.2) is 35.5 Å². The summed E-state index contributed by atoms with van der Waals surface area (Å²) in [6.45, 7) is 3.76. The van der Waals surface area contributed by atoms with E-state index in [1.54, 1.807) is 105 Å². The van der Waals surface area contributed by atoms with Crippen molar-refractivity contribution < 1.29 is 23.9 Å². The molecule has 4 aromatic rings. The number of hydrogen-bond donors (Lipinski definition) is 3. The molecule has 0 radical (unpaired) electrons. The predicted molar refractivity (Wildman–Crippen MR) is 180 cm³/mol. The number of anilines is 2. The Labute approximate surface area is 275 Å². The first kappa shape index (κ1) is 33.3. The first-order valence-electron chi connectivity index (χ1n) is 13.8. The van der Waals surface area contributed by atoms with Crippen LogP contribution in [0.3, 0.4) is 0 Å². The number of halogens is 2. The Morgan fingerprint density at radius 3 is 2.13 bits per heavy atom. The third-order valence-electron chi connectivity index (χ3n) is 6.25. The number of nitrogens with one attached hydrogen (secondary N) is 3. The van der Waals surface area contributed by atoms with Crippen LogP contribution in [0.15, 0.2) is 108 Å². The average molecular weight is 663 g/mol. The Kier molecular flexibility index (Phi) is 11.8. The lowest BCUT2D eigenvalue weighted by Gasteiger charge is -2.14. The standard InChI is InChI=1S/C34H29Cl2N3O5S/c1-3-44-34(43)23-15-17-24(18-16-23)37-31(40)21(2)45-26-12-7-11-25(19-26)38-33(42)30(20-27-28(35)13-8-14-29(27)36)39-32(41)22-9-5-4-6-10-22/h4-21H,3H2,1-2H3,(H,37,40)(H,38,42)(H,39,41)/b30-20+. The van der Waals surface area contributed by atoms with E-state index < -0.39 is 23.0 Å². The van der Waals surface area contributed by atoms with Gasteiger partial charge in [-0.25, -0.2) is 4.79 Å². The Morgan fingerprint density at radius 2 is 1.47 bits per heavy atom. The van der Waals surface area contributed by atoms with E-state index in [2.05, 4.69) is 16.0 Å². The van der Waals surface area contributed by atoms with Gasteiger partial charge in [0.05, 0.1) is 17.4 Å². The van der Waals surface area contributed by atoms with E-state index in [4.69, 9.17) is 27.9 Å². The number of amides is 3. The quantitative estimate of drug-likeness (QED) is 0.0862. The smallest absolute Gasteiger partial charge is 0.338 e. The highest BCUT2D eigenvalue weighted by Gasteiger charge is 2.19. The zero-order valence-corrected chi connectivity index (χ0v) is 26.6. The fourth-order valence-electron chi connectivity index (χ4n) is 3.99. The van der Waals surface area contributed by atoms with E-state index in [1.165, 1.54) is 17.8 Å². The zero-order valence-electron chi connectivity index (χ0n) is 24.3. The van der Waals surface area contributed by atoms with Crippen LogP contribution in [0.4, 0.5) is 11.4 Å². The van der Waals surface area contributed by atoms with Crippen molar-refractivity contribution in [3.05, 3.63) is 129 Å². The summed E-state index contributed by atoms with van der Waals surface area (Å²) in [6, 6.07) is 26.8. The minimum atomic E-state index is -0.602. The molecule has 0 fully saturated rings. The number of carbonyl (C=O) groups is 4. The van der Waals surface area contributed by atoms with Gasteiger partial charge in [0.2, 0.25) is 5.91 Å². The molecule has 230 valence electrons. The highest BCUT2D eigenvalue weighted by atomic mass is 35.5. The SMILES string of the molecule is CCOC(=O)c1ccc(NC(=O)C(C)Sc2cccc(NC(=O)/C(=C\c3c(Cl)cccc3Cl)NC(=O)c3ccccc3)c2)cc1. The van der Waals surface area contributed by atoms with Gasteiger partial charge in [0.25, 0.3) is 11.8 Å². The molecule has 3 amide bonds. The van der Waals surface area contributed by atoms with Crippen molar-refractivity contribution in [2.24, 2.45) is 0 Å². The van der Waals surface area contributed by atoms with E-state index >= 15 is 0 Å². The van der Waals surface area contributed by atoms with Crippen molar-refractivity contribution in [2.75, 3.05) is 17.2 Å². The first-order valence-corrected chi connectivity index (χ1v) is 15.5. The van der Waals surface area contributed by atoms with E-state index in [0.717, 1.165) is 4.90 Å². The predicted octanol–water partition coefficient (Wildman–Crippen LogP) is 7.70. The third-order valence-corrected chi connectivity index (χ3v) is 8.01. The first-order chi connectivity index (χ1) is 21.6. The summed E-state index contributed by atoms with van der Waals surface area (Å²) >= 11 is 14.0. The molecule has 0 saturated heterocycles. The maximum atomic E-state index is 13.5. The van der Waals surface area contributed by atoms with Gasteiger partial charge in [0.15, 0.2) is 0 Å². The van der Waals surface area contributed by atoms with Gasteiger partial charge in [-0.15, -0.1) is 11.8 Å². The summed E-state index contributed by atoms with van der Waals surface area (Å²) in [4.78, 5) is 51.9. The number of rotatable bonds is 11. The third kappa shape index (κ3) is 9.46. The van der Waals surface area contributed by atoms with Crippen LogP contribution in [0.5, 0.6) is 0 Å². The molecule has 4 rings (SSSR count). The van der Waals surface area contributed by atoms with Gasteiger partial charge in [-0.2, -0.15) is 0 Å². The summed E-state index contributed by atoms with van der Waals surface area (Å²) in [5.41, 5.74) is 2.04. The normalized spacial score (nSPS) is 11.7. The van der Waals surface area contributed by atoms with Gasteiger partial charge in [-0.3, -0.25) is 14.4 Å². The van der Waals surface area contributed by atoms with Crippen LogP contribution in [-0.2, 0) is 14.3 Å². The molecule has 0 aliphatic heterocycles. The molecule has 0 aromatic heterocycles. The second-order valence-corrected chi connectivity index (χ2v) is 11.8. The number of ether oxygens (including phenoxy) is 1. The number of hydrogen-bond acceptors (Lipinski definition) is 6. The van der Waals surface area contributed by atoms with E-state index in [9.17, 15) is 19.2 Å². The minimum absolute atomic E-state index is 0.0707. The van der Waals surface area contributed by atoms with Gasteiger partial charge in [0, 0.05) is 37.4 Å². The molecule has 0 bridgehead atoms. The maximum Gasteiger partial charge on any atom is 0.338 e. The lowest BCUT2D eigenvalue weighted by atomic mass is 10.1. The van der Waals surface area contributed by atoms with Gasteiger partial charge in [-0.05, 0) is 86.7 Å². The fourth-order valence-corrected chi connectivity index (χ4v) is 5.42. The number of esters is 1. The van der Waals surface area contributed by atoms with Crippen LogP contribution < -0.4 is 16.0 Å². The largest absolute Gasteiger partial charge is 0.462 e. The molecule has 1 unspecified atom stereocenters. The average Bonchev–Trinajstić information content (AvgIpc) is 3.03. The molecule has 3 N–H and O–H groups in total. The molecule has 11 heteroatoms. The molecule has 0 heterocycles. The molecule has 8 nitrogen and oxygen atoms in total. The number of thioether (sulfide) groups is 1. The van der Waals surface area contributed by atoms with Crippen LogP contribution >= 0.6 is 35.0 Å². The van der Waals surface area contributed by atoms with Gasteiger partial charge in [-0.1, -0.05) is 53.5 Å². The summed E-state index contributed by atoms with van der Waals surface area (Å²) in [6.07, 6.45) is 1.42. The Balaban J connectivity index is 1.46. The molecule has 0 spiro atoms. The molecule has 1 atom stereocenters. The van der Waals surface area contributed by atoms with Gasteiger partial charge < -0.3 is 20.7 Å². The molecule has 4 aromatic carbocycles. The van der Waals surface area contributed by atoms with Crippen molar-refractivity contribution in [3.8, 4) is 0 Å². The lowest BCUT2D eigenvalue weighted by Crippen LogP contribution is -2.30. The van der Waals surface area contributed by atoms with Crippen molar-refractivity contribution >= 4 is 76.1 Å². The highest BCUT2D eigenvalue weighted by molar-refractivity contribution is 8.00. The Hall–Kier alpha value is -4.57. The minimum Gasteiger partial charge on any atom is -0.462 e. The molecule has 0 aliphatic rings. The summed E-state index contributed by atoms with van der Waals surface area (Å²) < 4.78 is 4.98. The summed E-state index contributed by atoms with van der Waals surface area (Å²) in [5.74, 6) is -1.77. The van der Waals surface area contributed by atoms with Crippen LogP contribution in [0.2, 0.25) is 10.0 Å². The Morgan fingerprint density at radius 1 is 0.800 bits per heavy atom. The monoisotopic (exact) mass is 661 g/mol. The second-order valence-electron chi connectivity index (χ2n) is 9.54. The van der Waals surface area contributed by atoms with E-state index in [0.29, 0.717) is 38.1 Å². The van der Waals surface area contributed by atoms with Crippen LogP contribution in [0.25, 0.3) is 6.08 Å². The van der Waals surface area contributed by atoms with Crippen LogP contribution in [0.1, 0.15) is 40.1 Å². The Bertz CT molecular complexity index is 1710. The molecule has 45 heavy (non-hydrogen) atoms. The van der Waals surface area contributed by atoms with Crippen molar-refractivity contribution in [1.29, 1.82) is 0 Å². The molecule has 0 aliphatic carbocycles. The van der Waals surface area contributed by atoms with Crippen LogP contribution in [0, 0.1) is 0 Å². The second kappa shape index (κ2) is 15.9. The van der Waals surface area contributed by atoms with E-state index in [-0.39, 0.29) is 18.2 Å². The van der Waals surface area contributed by atoms with Crippen molar-refractivity contribution in [2.45, 2.75) is 24.0 Å². The van der Waals surface area contributed by atoms with Gasteiger partial charge >= 0.3 is 5.97 Å². The lowest BCUT2D eigenvalue weighted by molar-refractivity contribution is -0.115. The van der Waals surface area contributed by atoms with Crippen molar-refractivity contribution in [3.63, 3.8) is 0 Å². The molecular formula is C34H29Cl2N3O5S. The summed E-state index contributed by atoms with van der Waals surface area (Å²) in [7, 11) is 0. The number of benzene rings is 4. The maximum absolute atomic E-state index is 13.5. The molecule has 0 saturated carbocycles.